The molecule has 118 valence electrons. The van der Waals surface area contributed by atoms with Gasteiger partial charge in [0.25, 0.3) is 0 Å². The molecular weight excluding hydrogens is 286 g/mol. The van der Waals surface area contributed by atoms with Crippen molar-refractivity contribution in [3.63, 3.8) is 0 Å². The predicted octanol–water partition coefficient (Wildman–Crippen LogP) is 0.308. The van der Waals surface area contributed by atoms with Crippen molar-refractivity contribution >= 4 is 17.9 Å². The van der Waals surface area contributed by atoms with Crippen LogP contribution in [0, 0.1) is 0 Å². The minimum atomic E-state index is -0.506. The summed E-state index contributed by atoms with van der Waals surface area (Å²) in [5.74, 6) is -0.562. The van der Waals surface area contributed by atoms with Crippen molar-refractivity contribution in [2.75, 3.05) is 13.1 Å². The number of benzene rings is 1. The van der Waals surface area contributed by atoms with Crippen LogP contribution in [0.3, 0.4) is 0 Å². The van der Waals surface area contributed by atoms with Crippen LogP contribution in [0.15, 0.2) is 30.3 Å². The van der Waals surface area contributed by atoms with Crippen LogP contribution in [0.5, 0.6) is 0 Å². The number of hydrogen-bond donors (Lipinski definition) is 3. The first-order valence-corrected chi connectivity index (χ1v) is 7.17. The van der Waals surface area contributed by atoms with Crippen molar-refractivity contribution < 1.29 is 19.1 Å². The van der Waals surface area contributed by atoms with Crippen LogP contribution < -0.4 is 16.0 Å². The van der Waals surface area contributed by atoms with Gasteiger partial charge in [0, 0.05) is 19.5 Å². The Bertz CT molecular complexity index is 533. The number of carbonyl (C=O) groups excluding carboxylic acids is 3. The molecule has 1 aromatic rings. The van der Waals surface area contributed by atoms with Gasteiger partial charge in [-0.2, -0.15) is 0 Å². The van der Waals surface area contributed by atoms with Crippen LogP contribution >= 0.6 is 0 Å². The molecule has 0 saturated carbocycles. The minimum absolute atomic E-state index is 0.216. The van der Waals surface area contributed by atoms with Crippen molar-refractivity contribution in [2.45, 2.75) is 25.5 Å². The fourth-order valence-electron chi connectivity index (χ4n) is 2.07. The topological polar surface area (TPSA) is 96.5 Å². The molecule has 1 heterocycles. The molecule has 2 rings (SSSR count). The monoisotopic (exact) mass is 305 g/mol. The fraction of sp³-hybridized carbons (Fsp3) is 0.400. The first kappa shape index (κ1) is 16.0. The second-order valence-corrected chi connectivity index (χ2v) is 4.95. The lowest BCUT2D eigenvalue weighted by Crippen LogP contribution is -2.51. The van der Waals surface area contributed by atoms with E-state index in [2.05, 4.69) is 16.0 Å². The Labute approximate surface area is 128 Å². The number of carbonyl (C=O) groups is 3. The average Bonchev–Trinajstić information content (AvgIpc) is 2.52. The highest BCUT2D eigenvalue weighted by molar-refractivity contribution is 6.00. The number of ether oxygens (including phenoxy) is 1. The molecule has 3 N–H and O–H groups in total. The Morgan fingerprint density at radius 3 is 2.73 bits per heavy atom. The molecule has 7 heteroatoms. The van der Waals surface area contributed by atoms with Gasteiger partial charge in [0.15, 0.2) is 0 Å². The molecule has 0 spiro atoms. The van der Waals surface area contributed by atoms with Gasteiger partial charge in [-0.05, 0) is 12.0 Å². The molecule has 1 unspecified atom stereocenters. The SMILES string of the molecule is O=C1CCC(NCCNC(=O)OCc2ccccc2)C(=O)N1. The summed E-state index contributed by atoms with van der Waals surface area (Å²) in [5.41, 5.74) is 0.916. The van der Waals surface area contributed by atoms with Crippen molar-refractivity contribution in [3.8, 4) is 0 Å². The van der Waals surface area contributed by atoms with Gasteiger partial charge in [-0.3, -0.25) is 14.9 Å². The first-order chi connectivity index (χ1) is 10.6. The molecule has 1 aliphatic heterocycles. The van der Waals surface area contributed by atoms with Crippen molar-refractivity contribution in [3.05, 3.63) is 35.9 Å². The van der Waals surface area contributed by atoms with Gasteiger partial charge >= 0.3 is 6.09 Å². The molecule has 1 aromatic carbocycles. The lowest BCUT2D eigenvalue weighted by Gasteiger charge is -2.21. The Morgan fingerprint density at radius 2 is 2.00 bits per heavy atom. The van der Waals surface area contributed by atoms with E-state index in [9.17, 15) is 14.4 Å². The molecule has 0 aromatic heterocycles. The summed E-state index contributed by atoms with van der Waals surface area (Å²) in [6.45, 7) is 0.977. The van der Waals surface area contributed by atoms with Gasteiger partial charge in [-0.15, -0.1) is 0 Å². The van der Waals surface area contributed by atoms with Crippen LogP contribution in [-0.2, 0) is 20.9 Å². The molecule has 1 saturated heterocycles. The molecule has 3 amide bonds. The van der Waals surface area contributed by atoms with Gasteiger partial charge < -0.3 is 15.4 Å². The van der Waals surface area contributed by atoms with E-state index in [0.717, 1.165) is 5.56 Å². The number of piperidine rings is 1. The summed E-state index contributed by atoms with van der Waals surface area (Å²) >= 11 is 0. The Balaban J connectivity index is 1.57. The van der Waals surface area contributed by atoms with Crippen LogP contribution in [-0.4, -0.2) is 37.0 Å². The summed E-state index contributed by atoms with van der Waals surface area (Å²) in [4.78, 5) is 34.0. The summed E-state index contributed by atoms with van der Waals surface area (Å²) < 4.78 is 5.05. The van der Waals surface area contributed by atoms with Gasteiger partial charge in [0.05, 0.1) is 6.04 Å². The van der Waals surface area contributed by atoms with Gasteiger partial charge in [-0.25, -0.2) is 4.79 Å². The number of amides is 3. The van der Waals surface area contributed by atoms with Gasteiger partial charge in [-0.1, -0.05) is 30.3 Å². The lowest BCUT2D eigenvalue weighted by molar-refractivity contribution is -0.134. The maximum atomic E-state index is 11.5. The normalized spacial score (nSPS) is 17.7. The molecule has 1 aliphatic rings. The first-order valence-electron chi connectivity index (χ1n) is 7.17. The lowest BCUT2D eigenvalue weighted by atomic mass is 10.1. The van der Waals surface area contributed by atoms with Crippen LogP contribution in [0.4, 0.5) is 4.79 Å². The minimum Gasteiger partial charge on any atom is -0.445 e. The largest absolute Gasteiger partial charge is 0.445 e. The van der Waals surface area contributed by atoms with Gasteiger partial charge in [0.1, 0.15) is 6.61 Å². The molecule has 1 fully saturated rings. The third-order valence-corrected chi connectivity index (χ3v) is 3.24. The molecule has 0 aliphatic carbocycles. The summed E-state index contributed by atoms with van der Waals surface area (Å²) in [5, 5.41) is 7.85. The van der Waals surface area contributed by atoms with E-state index in [-0.39, 0.29) is 24.5 Å². The maximum Gasteiger partial charge on any atom is 0.407 e. The fourth-order valence-corrected chi connectivity index (χ4v) is 2.07. The second kappa shape index (κ2) is 8.14. The average molecular weight is 305 g/mol. The molecule has 0 radical (unpaired) electrons. The quantitative estimate of drug-likeness (QED) is 0.519. The highest BCUT2D eigenvalue weighted by Gasteiger charge is 2.25. The third-order valence-electron chi connectivity index (χ3n) is 3.24. The number of hydrogen-bond acceptors (Lipinski definition) is 5. The number of rotatable bonds is 6. The van der Waals surface area contributed by atoms with E-state index in [0.29, 0.717) is 25.9 Å². The van der Waals surface area contributed by atoms with E-state index < -0.39 is 6.09 Å². The molecule has 7 nitrogen and oxygen atoms in total. The number of imide groups is 1. The van der Waals surface area contributed by atoms with Crippen LogP contribution in [0.1, 0.15) is 18.4 Å². The summed E-state index contributed by atoms with van der Waals surface area (Å²) in [7, 11) is 0. The van der Waals surface area contributed by atoms with E-state index in [1.165, 1.54) is 0 Å². The third kappa shape index (κ3) is 5.17. The van der Waals surface area contributed by atoms with E-state index in [1.807, 2.05) is 30.3 Å². The van der Waals surface area contributed by atoms with Crippen molar-refractivity contribution in [1.82, 2.24) is 16.0 Å². The van der Waals surface area contributed by atoms with E-state index >= 15 is 0 Å². The smallest absolute Gasteiger partial charge is 0.407 e. The van der Waals surface area contributed by atoms with Crippen LogP contribution in [0.2, 0.25) is 0 Å². The highest BCUT2D eigenvalue weighted by atomic mass is 16.5. The molecule has 0 bridgehead atoms. The summed E-state index contributed by atoms with van der Waals surface area (Å²) in [6.07, 6.45) is 0.299. The van der Waals surface area contributed by atoms with Crippen LogP contribution in [0.25, 0.3) is 0 Å². The highest BCUT2D eigenvalue weighted by Crippen LogP contribution is 2.03. The molecular formula is C15H19N3O4. The predicted molar refractivity (Wildman–Crippen MR) is 78.8 cm³/mol. The maximum absolute atomic E-state index is 11.5. The zero-order valence-electron chi connectivity index (χ0n) is 12.1. The summed E-state index contributed by atoms with van der Waals surface area (Å²) in [6, 6.07) is 9.00. The van der Waals surface area contributed by atoms with Gasteiger partial charge in [0.2, 0.25) is 11.8 Å². The molecule has 22 heavy (non-hydrogen) atoms. The Hall–Kier alpha value is -2.41. The number of alkyl carbamates (subject to hydrolysis) is 1. The van der Waals surface area contributed by atoms with Crippen molar-refractivity contribution in [2.24, 2.45) is 0 Å². The van der Waals surface area contributed by atoms with Crippen molar-refractivity contribution in [1.29, 1.82) is 0 Å². The van der Waals surface area contributed by atoms with E-state index in [1.54, 1.807) is 0 Å². The Morgan fingerprint density at radius 1 is 1.23 bits per heavy atom. The number of nitrogens with one attached hydrogen (secondary N) is 3. The molecule has 1 atom stereocenters. The Kier molecular flexibility index (Phi) is 5.91. The second-order valence-electron chi connectivity index (χ2n) is 4.95. The zero-order valence-corrected chi connectivity index (χ0v) is 12.1. The van der Waals surface area contributed by atoms with E-state index in [4.69, 9.17) is 4.74 Å². The zero-order chi connectivity index (χ0) is 15.8. The standard InChI is InChI=1S/C15H19N3O4/c19-13-7-6-12(14(20)18-13)16-8-9-17-15(21)22-10-11-4-2-1-3-5-11/h1-5,12,16H,6-10H2,(H,17,21)(H,18,19,20).